The van der Waals surface area contributed by atoms with Gasteiger partial charge in [-0.15, -0.1) is 0 Å². The van der Waals surface area contributed by atoms with E-state index in [0.29, 0.717) is 33.3 Å². The summed E-state index contributed by atoms with van der Waals surface area (Å²) in [6, 6.07) is 15.7. The fourth-order valence-electron chi connectivity index (χ4n) is 3.06. The van der Waals surface area contributed by atoms with Crippen molar-refractivity contribution in [1.82, 2.24) is 14.8 Å². The van der Waals surface area contributed by atoms with E-state index in [0.717, 1.165) is 10.2 Å². The largest absolute Gasteiger partial charge is 0.389 e. The summed E-state index contributed by atoms with van der Waals surface area (Å²) in [4.78, 5) is 11.7. The summed E-state index contributed by atoms with van der Waals surface area (Å²) in [5.41, 5.74) is 2.61. The van der Waals surface area contributed by atoms with Gasteiger partial charge in [-0.1, -0.05) is 53.5 Å². The molecule has 1 aromatic heterocycles. The Kier molecular flexibility index (Phi) is 7.58. The number of halogens is 5. The van der Waals surface area contributed by atoms with Gasteiger partial charge in [0.1, 0.15) is 5.69 Å². The zero-order valence-corrected chi connectivity index (χ0v) is 18.5. The minimum Gasteiger partial charge on any atom is -0.298 e. The molecule has 0 aliphatic carbocycles. The molecule has 3 rings (SSSR count). The van der Waals surface area contributed by atoms with Crippen LogP contribution in [0.25, 0.3) is 22.4 Å². The second-order valence-electron chi connectivity index (χ2n) is 7.00. The number of aromatic nitrogens is 2. The molecule has 0 radical (unpaired) electrons. The average Bonchev–Trinajstić information content (AvgIpc) is 2.73. The Balaban J connectivity index is 2.11. The van der Waals surface area contributed by atoms with Gasteiger partial charge in [0.05, 0.1) is 5.02 Å². The molecule has 0 spiro atoms. The summed E-state index contributed by atoms with van der Waals surface area (Å²) in [5, 5.41) is 11.1. The Morgan fingerprint density at radius 3 is 2.41 bits per heavy atom. The fraction of sp³-hybridized carbons (Fsp3) is 0.227. The highest BCUT2D eigenvalue weighted by atomic mass is 35.5. The van der Waals surface area contributed by atoms with Crippen molar-refractivity contribution in [2.75, 3.05) is 13.6 Å². The number of hydrogen-bond acceptors (Lipinski definition) is 4. The molecule has 1 heterocycles. The first-order valence-corrected chi connectivity index (χ1v) is 10.4. The number of benzene rings is 2. The molecule has 32 heavy (non-hydrogen) atoms. The summed E-state index contributed by atoms with van der Waals surface area (Å²) in [7, 11) is 1.54. The van der Waals surface area contributed by atoms with Gasteiger partial charge in [0.2, 0.25) is 6.41 Å². The lowest BCUT2D eigenvalue weighted by atomic mass is 10.00. The van der Waals surface area contributed by atoms with E-state index in [1.165, 1.54) is 12.1 Å². The smallest absolute Gasteiger partial charge is 0.298 e. The van der Waals surface area contributed by atoms with Gasteiger partial charge in [0, 0.05) is 36.2 Å². The van der Waals surface area contributed by atoms with Crippen LogP contribution < -0.4 is 5.49 Å². The van der Waals surface area contributed by atoms with E-state index in [2.05, 4.69) is 10.2 Å². The Labute approximate surface area is 192 Å². The van der Waals surface area contributed by atoms with Crippen LogP contribution >= 0.6 is 23.2 Å². The summed E-state index contributed by atoms with van der Waals surface area (Å²) in [6.07, 6.45) is -4.79. The van der Waals surface area contributed by atoms with Gasteiger partial charge < -0.3 is 0 Å². The van der Waals surface area contributed by atoms with Gasteiger partial charge in [-0.25, -0.2) is 0 Å². The molecule has 10 heteroatoms. The predicted octanol–water partition coefficient (Wildman–Crippen LogP) is 5.65. The molecular formula is C22H19Cl2F3N4O. The van der Waals surface area contributed by atoms with Gasteiger partial charge in [-0.3, -0.25) is 9.80 Å². The van der Waals surface area contributed by atoms with Crippen LogP contribution in [0.2, 0.25) is 10.0 Å². The Morgan fingerprint density at radius 1 is 1.09 bits per heavy atom. The molecule has 5 nitrogen and oxygen atoms in total. The third kappa shape index (κ3) is 6.11. The first kappa shape index (κ1) is 23.8. The number of alkyl halides is 3. The van der Waals surface area contributed by atoms with Crippen molar-refractivity contribution in [1.29, 1.82) is 0 Å². The molecule has 0 atom stereocenters. The molecule has 0 aliphatic rings. The van der Waals surface area contributed by atoms with Crippen LogP contribution in [0.15, 0.2) is 59.7 Å². The molecule has 2 aromatic carbocycles. The van der Waals surface area contributed by atoms with Crippen molar-refractivity contribution in [2.45, 2.75) is 19.0 Å². The van der Waals surface area contributed by atoms with Crippen LogP contribution in [0.4, 0.5) is 13.2 Å². The Bertz CT molecular complexity index is 1160. The average molecular weight is 483 g/mol. The quantitative estimate of drug-likeness (QED) is 0.322. The lowest BCUT2D eigenvalue weighted by Crippen LogP contribution is -2.29. The van der Waals surface area contributed by atoms with E-state index in [1.54, 1.807) is 54.6 Å². The molecule has 0 saturated heterocycles. The minimum absolute atomic E-state index is 0.0565. The van der Waals surface area contributed by atoms with Crippen molar-refractivity contribution in [3.8, 4) is 22.4 Å². The number of rotatable bonds is 7. The van der Waals surface area contributed by atoms with E-state index in [4.69, 9.17) is 23.2 Å². The number of carbonyl (C=O) groups excluding carboxylic acids is 1. The van der Waals surface area contributed by atoms with E-state index in [9.17, 15) is 18.0 Å². The SMILES string of the molecule is CN(CCCC(F)(F)F)/N=c1/cc(-c2ccc(Cl)cc2)c(-c2ccccc2Cl)nn1C=O. The minimum atomic E-state index is -4.23. The lowest BCUT2D eigenvalue weighted by Gasteiger charge is -2.16. The van der Waals surface area contributed by atoms with Crippen molar-refractivity contribution < 1.29 is 18.0 Å². The highest BCUT2D eigenvalue weighted by Crippen LogP contribution is 2.33. The van der Waals surface area contributed by atoms with Gasteiger partial charge in [-0.05, 0) is 36.2 Å². The first-order chi connectivity index (χ1) is 15.2. The number of carbonyl (C=O) groups is 1. The maximum atomic E-state index is 12.4. The van der Waals surface area contributed by atoms with Crippen molar-refractivity contribution in [3.05, 3.63) is 70.1 Å². The van der Waals surface area contributed by atoms with E-state index in [1.807, 2.05) is 0 Å². The van der Waals surface area contributed by atoms with Gasteiger partial charge in [0.15, 0.2) is 5.49 Å². The van der Waals surface area contributed by atoms with Crippen LogP contribution in [0.3, 0.4) is 0 Å². The van der Waals surface area contributed by atoms with Crippen LogP contribution in [-0.2, 0) is 4.79 Å². The topological polar surface area (TPSA) is 50.5 Å². The zero-order valence-electron chi connectivity index (χ0n) is 17.0. The molecule has 0 unspecified atom stereocenters. The molecule has 0 amide bonds. The highest BCUT2D eigenvalue weighted by molar-refractivity contribution is 6.33. The van der Waals surface area contributed by atoms with Gasteiger partial charge in [-0.2, -0.15) is 28.1 Å². The van der Waals surface area contributed by atoms with Crippen molar-refractivity contribution in [2.24, 2.45) is 5.10 Å². The molecular weight excluding hydrogens is 464 g/mol. The number of nitrogens with zero attached hydrogens (tertiary/aromatic N) is 4. The van der Waals surface area contributed by atoms with Crippen LogP contribution in [0, 0.1) is 0 Å². The summed E-state index contributed by atoms with van der Waals surface area (Å²) in [5.74, 6) is 0. The standard InChI is InChI=1S/C22H19Cl2F3N4O/c1-30(12-4-11-22(25,26)27)28-20-13-18(15-7-9-16(23)10-8-15)21(29-31(20)14-32)17-5-2-3-6-19(17)24/h2-3,5-10,13-14H,4,11-12H2,1H3/b28-20-. The molecule has 0 saturated carbocycles. The van der Waals surface area contributed by atoms with Gasteiger partial charge >= 0.3 is 6.18 Å². The monoisotopic (exact) mass is 482 g/mol. The summed E-state index contributed by atoms with van der Waals surface area (Å²) < 4.78 is 38.3. The van der Waals surface area contributed by atoms with E-state index >= 15 is 0 Å². The van der Waals surface area contributed by atoms with Crippen LogP contribution in [0.1, 0.15) is 12.8 Å². The number of hydrogen-bond donors (Lipinski definition) is 0. The lowest BCUT2D eigenvalue weighted by molar-refractivity contribution is -0.136. The van der Waals surface area contributed by atoms with E-state index < -0.39 is 12.6 Å². The molecule has 0 aliphatic heterocycles. The normalized spacial score (nSPS) is 12.1. The molecule has 3 aromatic rings. The third-order valence-corrected chi connectivity index (χ3v) is 5.15. The molecule has 168 valence electrons. The van der Waals surface area contributed by atoms with Crippen molar-refractivity contribution in [3.63, 3.8) is 0 Å². The van der Waals surface area contributed by atoms with E-state index in [-0.39, 0.29) is 18.5 Å². The maximum Gasteiger partial charge on any atom is 0.389 e. The summed E-state index contributed by atoms with van der Waals surface area (Å²) >= 11 is 12.4. The van der Waals surface area contributed by atoms with Crippen LogP contribution in [-0.4, -0.2) is 41.0 Å². The Morgan fingerprint density at radius 2 is 1.78 bits per heavy atom. The van der Waals surface area contributed by atoms with Gasteiger partial charge in [0.25, 0.3) is 0 Å². The zero-order chi connectivity index (χ0) is 23.3. The van der Waals surface area contributed by atoms with Crippen LogP contribution in [0.5, 0.6) is 0 Å². The third-order valence-electron chi connectivity index (χ3n) is 4.57. The second-order valence-corrected chi connectivity index (χ2v) is 7.85. The molecule has 0 bridgehead atoms. The summed E-state index contributed by atoms with van der Waals surface area (Å²) in [6.45, 7) is 0.0565. The fourth-order valence-corrected chi connectivity index (χ4v) is 3.41. The Hall–Kier alpha value is -2.84. The maximum absolute atomic E-state index is 12.4. The molecule has 0 N–H and O–H groups in total. The van der Waals surface area contributed by atoms with Crippen molar-refractivity contribution >= 4 is 29.6 Å². The second kappa shape index (κ2) is 10.2. The predicted molar refractivity (Wildman–Crippen MR) is 119 cm³/mol. The first-order valence-electron chi connectivity index (χ1n) is 9.60. The molecule has 0 fully saturated rings. The highest BCUT2D eigenvalue weighted by Gasteiger charge is 2.26.